The van der Waals surface area contributed by atoms with E-state index < -0.39 is 0 Å². The van der Waals surface area contributed by atoms with Gasteiger partial charge in [-0.15, -0.1) is 5.10 Å². The number of aromatic nitrogens is 5. The van der Waals surface area contributed by atoms with Gasteiger partial charge in [0.1, 0.15) is 12.2 Å². The smallest absolute Gasteiger partial charge is 0.273 e. The summed E-state index contributed by atoms with van der Waals surface area (Å²) >= 11 is 0. The SMILES string of the molecule is CNC(=O)c1nnn(-c2nonc2N)c1C[NH2+]C. The molecule has 0 bridgehead atoms. The number of carbonyl (C=O) groups excluding carboxylic acids is 1. The van der Waals surface area contributed by atoms with E-state index >= 15 is 0 Å². The number of nitrogen functional groups attached to an aromatic ring is 1. The average Bonchev–Trinajstić information content (AvgIpc) is 2.95. The molecule has 96 valence electrons. The molecule has 0 fully saturated rings. The molecule has 0 aliphatic heterocycles. The zero-order chi connectivity index (χ0) is 13.1. The van der Waals surface area contributed by atoms with E-state index in [-0.39, 0.29) is 23.2 Å². The lowest BCUT2D eigenvalue weighted by molar-refractivity contribution is -0.644. The molecule has 0 aromatic carbocycles. The van der Waals surface area contributed by atoms with Gasteiger partial charge in [-0.1, -0.05) is 5.21 Å². The van der Waals surface area contributed by atoms with Gasteiger partial charge >= 0.3 is 0 Å². The molecule has 5 N–H and O–H groups in total. The number of hydrogen-bond donors (Lipinski definition) is 3. The van der Waals surface area contributed by atoms with Crippen molar-refractivity contribution >= 4 is 11.7 Å². The molecule has 1 amide bonds. The highest BCUT2D eigenvalue weighted by molar-refractivity contribution is 5.93. The van der Waals surface area contributed by atoms with Crippen LogP contribution < -0.4 is 16.4 Å². The predicted octanol–water partition coefficient (Wildman–Crippen LogP) is -2.71. The Morgan fingerprint density at radius 1 is 1.56 bits per heavy atom. The molecule has 18 heavy (non-hydrogen) atoms. The first-order chi connectivity index (χ1) is 8.69. The summed E-state index contributed by atoms with van der Waals surface area (Å²) in [6.45, 7) is 0.488. The lowest BCUT2D eigenvalue weighted by atomic mass is 10.3. The van der Waals surface area contributed by atoms with E-state index in [0.717, 1.165) is 0 Å². The summed E-state index contributed by atoms with van der Waals surface area (Å²) in [5.41, 5.74) is 6.38. The summed E-state index contributed by atoms with van der Waals surface area (Å²) in [7, 11) is 3.38. The van der Waals surface area contributed by atoms with Crippen LogP contribution >= 0.6 is 0 Å². The average molecular weight is 253 g/mol. The van der Waals surface area contributed by atoms with E-state index in [9.17, 15) is 4.79 Å². The molecule has 10 nitrogen and oxygen atoms in total. The van der Waals surface area contributed by atoms with E-state index in [1.807, 2.05) is 12.4 Å². The highest BCUT2D eigenvalue weighted by atomic mass is 16.6. The molecule has 0 radical (unpaired) electrons. The van der Waals surface area contributed by atoms with E-state index in [0.29, 0.717) is 12.2 Å². The Labute approximate surface area is 101 Å². The Kier molecular flexibility index (Phi) is 3.19. The second kappa shape index (κ2) is 4.79. The second-order valence-corrected chi connectivity index (χ2v) is 3.46. The Morgan fingerprint density at radius 2 is 2.33 bits per heavy atom. The molecule has 0 atom stereocenters. The van der Waals surface area contributed by atoms with Crippen molar-refractivity contribution < 1.29 is 14.7 Å². The number of quaternary nitrogens is 1. The largest absolute Gasteiger partial charge is 0.378 e. The van der Waals surface area contributed by atoms with Crippen molar-refractivity contribution in [2.24, 2.45) is 0 Å². The third-order valence-corrected chi connectivity index (χ3v) is 2.30. The van der Waals surface area contributed by atoms with Crippen LogP contribution in [0.15, 0.2) is 4.63 Å². The van der Waals surface area contributed by atoms with Crippen LogP contribution in [0.5, 0.6) is 0 Å². The summed E-state index contributed by atoms with van der Waals surface area (Å²) in [5, 5.41) is 19.1. The summed E-state index contributed by atoms with van der Waals surface area (Å²) in [4.78, 5) is 11.6. The van der Waals surface area contributed by atoms with Crippen LogP contribution in [0.1, 0.15) is 16.2 Å². The quantitative estimate of drug-likeness (QED) is 0.537. The van der Waals surface area contributed by atoms with Crippen molar-refractivity contribution in [3.8, 4) is 5.82 Å². The van der Waals surface area contributed by atoms with Crippen LogP contribution in [0.2, 0.25) is 0 Å². The normalized spacial score (nSPS) is 10.6. The maximum atomic E-state index is 11.6. The van der Waals surface area contributed by atoms with Crippen LogP contribution in [0, 0.1) is 0 Å². The molecule has 0 unspecified atom stereocenters. The molecule has 2 aromatic heterocycles. The maximum Gasteiger partial charge on any atom is 0.273 e. The van der Waals surface area contributed by atoms with E-state index in [4.69, 9.17) is 5.73 Å². The molecule has 0 saturated carbocycles. The fourth-order valence-corrected chi connectivity index (χ4v) is 1.48. The molecule has 2 heterocycles. The summed E-state index contributed by atoms with van der Waals surface area (Å²) in [5.74, 6) is -0.0247. The van der Waals surface area contributed by atoms with Crippen LogP contribution in [-0.2, 0) is 6.54 Å². The van der Waals surface area contributed by atoms with E-state index in [2.05, 4.69) is 30.6 Å². The highest BCUT2D eigenvalue weighted by Crippen LogP contribution is 2.14. The van der Waals surface area contributed by atoms with Crippen molar-refractivity contribution in [1.29, 1.82) is 0 Å². The first kappa shape index (κ1) is 12.0. The van der Waals surface area contributed by atoms with Crippen molar-refractivity contribution in [2.75, 3.05) is 19.8 Å². The molecule has 0 aliphatic rings. The monoisotopic (exact) mass is 253 g/mol. The van der Waals surface area contributed by atoms with Gasteiger partial charge in [0, 0.05) is 7.05 Å². The van der Waals surface area contributed by atoms with Crippen molar-refractivity contribution in [2.45, 2.75) is 6.54 Å². The first-order valence-corrected chi connectivity index (χ1v) is 5.22. The summed E-state index contributed by atoms with van der Waals surface area (Å²) in [6.07, 6.45) is 0. The number of rotatable bonds is 4. The van der Waals surface area contributed by atoms with Gasteiger partial charge in [0.25, 0.3) is 5.91 Å². The Bertz CT molecular complexity index is 559. The highest BCUT2D eigenvalue weighted by Gasteiger charge is 2.23. The molecule has 2 aromatic rings. The molecule has 0 aliphatic carbocycles. The van der Waals surface area contributed by atoms with Crippen LogP contribution in [0.25, 0.3) is 5.82 Å². The number of carbonyl (C=O) groups is 1. The minimum atomic E-state index is -0.326. The van der Waals surface area contributed by atoms with Crippen molar-refractivity contribution in [3.63, 3.8) is 0 Å². The number of amides is 1. The number of nitrogens with one attached hydrogen (secondary N) is 1. The standard InChI is InChI=1S/C8H12N8O2/c1-10-3-4-5(8(17)11-2)12-15-16(4)7-6(9)13-18-14-7/h10H,3H2,1-2H3,(H2,9,13)(H,11,17)/p+1. The Balaban J connectivity index is 2.52. The van der Waals surface area contributed by atoms with Gasteiger partial charge in [0.05, 0.1) is 7.05 Å². The Hall–Kier alpha value is -2.49. The maximum absolute atomic E-state index is 11.6. The van der Waals surface area contributed by atoms with E-state index in [1.165, 1.54) is 11.7 Å². The third-order valence-electron chi connectivity index (χ3n) is 2.30. The van der Waals surface area contributed by atoms with Gasteiger partial charge in [0.2, 0.25) is 11.6 Å². The summed E-state index contributed by atoms with van der Waals surface area (Å²) < 4.78 is 5.85. The predicted molar refractivity (Wildman–Crippen MR) is 58.6 cm³/mol. The zero-order valence-electron chi connectivity index (χ0n) is 9.91. The second-order valence-electron chi connectivity index (χ2n) is 3.46. The van der Waals surface area contributed by atoms with Crippen molar-refractivity contribution in [3.05, 3.63) is 11.4 Å². The molecular formula is C8H13N8O2+. The Morgan fingerprint density at radius 3 is 2.89 bits per heavy atom. The first-order valence-electron chi connectivity index (χ1n) is 5.22. The van der Waals surface area contributed by atoms with Gasteiger partial charge < -0.3 is 16.4 Å². The van der Waals surface area contributed by atoms with Gasteiger partial charge in [-0.05, 0) is 10.3 Å². The zero-order valence-corrected chi connectivity index (χ0v) is 9.91. The fraction of sp³-hybridized carbons (Fsp3) is 0.375. The van der Waals surface area contributed by atoms with Crippen LogP contribution in [0.4, 0.5) is 5.82 Å². The summed E-state index contributed by atoms with van der Waals surface area (Å²) in [6, 6.07) is 0. The van der Waals surface area contributed by atoms with Crippen LogP contribution in [-0.4, -0.2) is 45.3 Å². The van der Waals surface area contributed by atoms with Crippen molar-refractivity contribution in [1.82, 2.24) is 30.6 Å². The fourth-order valence-electron chi connectivity index (χ4n) is 1.48. The molecule has 2 rings (SSSR count). The lowest BCUT2D eigenvalue weighted by Gasteiger charge is -2.02. The minimum Gasteiger partial charge on any atom is -0.378 e. The van der Waals surface area contributed by atoms with E-state index in [1.54, 1.807) is 0 Å². The van der Waals surface area contributed by atoms with Gasteiger partial charge in [-0.2, -0.15) is 4.68 Å². The minimum absolute atomic E-state index is 0.0840. The number of anilines is 1. The molecular weight excluding hydrogens is 240 g/mol. The lowest BCUT2D eigenvalue weighted by Crippen LogP contribution is -2.78. The number of nitrogens with two attached hydrogens (primary N) is 2. The molecule has 0 saturated heterocycles. The van der Waals surface area contributed by atoms with Gasteiger partial charge in [-0.25, -0.2) is 4.63 Å². The van der Waals surface area contributed by atoms with Gasteiger partial charge in [-0.3, -0.25) is 4.79 Å². The topological polar surface area (TPSA) is 141 Å². The molecule has 10 heteroatoms. The number of hydrogen-bond acceptors (Lipinski definition) is 7. The van der Waals surface area contributed by atoms with Gasteiger partial charge in [0.15, 0.2) is 5.69 Å². The third kappa shape index (κ3) is 1.88. The van der Waals surface area contributed by atoms with Crippen LogP contribution in [0.3, 0.4) is 0 Å². The number of nitrogens with zero attached hydrogens (tertiary/aromatic N) is 5. The molecule has 0 spiro atoms.